The maximum atomic E-state index is 11.4. The first-order valence-electron chi connectivity index (χ1n) is 31.2. The number of amides is 1. The third kappa shape index (κ3) is 37.0. The molecule has 7 rings (SSSR count). The number of carbonyl (C=O) groups excluding carboxylic acids is 3. The number of allylic oxidation sites excluding steroid dienone is 3. The Morgan fingerprint density at radius 1 is 0.641 bits per heavy atom. The lowest BCUT2D eigenvalue weighted by Gasteiger charge is -2.31. The number of sulfone groups is 1. The molecule has 1 aliphatic heterocycles. The molecule has 0 spiro atoms. The van der Waals surface area contributed by atoms with E-state index in [9.17, 15) is 22.8 Å². The standard InChI is InChI=1S/C10H16O.C9H12N2.C9H14N2.C9H12N2.C8H14N2.C8H13NO.C7H12O.C6H12O2S.C5H6N2.C4H10/c1-10(2,3)8-6-4-5-7-9(8)11;1-5-8-10-6-7-11(8)9(2,3)4;2*1-5-8-6-7-11(10-8)9(2,3)4;1-7-5-6-10(9-7)8(2,3)4;1-8(2,3)9-6-4-5-7(9)10;1-5-6(8)7(2,3)4;1-5-9(7,8)6(2,3)4;1-2-5-6-3-4-7-5;1-4(2)3/h5,7-8H,4,6H2,1-3H3;1,6-7H,2-4H3;5-7H,1H2,2-4H3;1,6-7H,2-4H3;5-6H,1-4H3;4-5H,6H2,1-3H3;5H,1H2,2-4H3;5H,1H2,2-4H3;2-4H,1H2,(H,6,7);4H,1-3H3. The largest absolute Gasteiger partial charge is 0.345 e. The van der Waals surface area contributed by atoms with E-state index in [1.807, 2.05) is 127 Å². The molecule has 0 radical (unpaired) electrons. The number of H-pyrrole nitrogens is 1. The molecule has 0 aromatic carbocycles. The molecule has 17 heteroatoms. The van der Waals surface area contributed by atoms with Crippen molar-refractivity contribution in [3.8, 4) is 24.7 Å². The lowest BCUT2D eigenvalue weighted by Crippen LogP contribution is -2.42. The Kier molecular flexibility index (Phi) is 37.6. The van der Waals surface area contributed by atoms with E-state index in [-0.39, 0.29) is 56.1 Å². The number of nitrogens with zero attached hydrogens (tertiary/aromatic N) is 10. The maximum Gasteiger partial charge on any atom is 0.247 e. The van der Waals surface area contributed by atoms with Crippen molar-refractivity contribution in [3.63, 3.8) is 0 Å². The fourth-order valence-corrected chi connectivity index (χ4v) is 7.40. The van der Waals surface area contributed by atoms with Crippen LogP contribution >= 0.6 is 0 Å². The highest BCUT2D eigenvalue weighted by molar-refractivity contribution is 7.95. The van der Waals surface area contributed by atoms with Crippen molar-refractivity contribution < 1.29 is 22.8 Å². The van der Waals surface area contributed by atoms with Gasteiger partial charge in [-0.1, -0.05) is 101 Å². The molecule has 16 nitrogen and oxygen atoms in total. The molecule has 0 fully saturated rings. The molecule has 0 saturated heterocycles. The second-order valence-corrected chi connectivity index (χ2v) is 33.1. The van der Waals surface area contributed by atoms with E-state index < -0.39 is 14.6 Å². The third-order valence-corrected chi connectivity index (χ3v) is 14.6. The van der Waals surface area contributed by atoms with Crippen LogP contribution in [0.25, 0.3) is 12.2 Å². The van der Waals surface area contributed by atoms with E-state index in [4.69, 9.17) is 12.8 Å². The quantitative estimate of drug-likeness (QED) is 0.134. The second kappa shape index (κ2) is 39.0. The molecular weight excluding hydrogens is 1170 g/mol. The fraction of sp³-hybridized carbons (Fsp3) is 0.547. The zero-order valence-corrected chi connectivity index (χ0v) is 62.9. The van der Waals surface area contributed by atoms with E-state index in [0.717, 1.165) is 47.9 Å². The van der Waals surface area contributed by atoms with Crippen LogP contribution in [0.2, 0.25) is 0 Å². The predicted molar refractivity (Wildman–Crippen MR) is 389 cm³/mol. The molecule has 1 unspecified atom stereocenters. The van der Waals surface area contributed by atoms with Crippen LogP contribution in [-0.2, 0) is 46.4 Å². The summed E-state index contributed by atoms with van der Waals surface area (Å²) in [6.45, 7) is 71.4. The van der Waals surface area contributed by atoms with Gasteiger partial charge in [-0.3, -0.25) is 28.4 Å². The summed E-state index contributed by atoms with van der Waals surface area (Å²) < 4.78 is 28.9. The van der Waals surface area contributed by atoms with Gasteiger partial charge in [0.05, 0.1) is 32.8 Å². The van der Waals surface area contributed by atoms with Crippen LogP contribution < -0.4 is 0 Å². The summed E-state index contributed by atoms with van der Waals surface area (Å²) in [6.07, 6.45) is 37.5. The number of aryl methyl sites for hydroxylation is 1. The number of hydrogen-bond donors (Lipinski definition) is 1. The molecule has 0 bridgehead atoms. The first kappa shape index (κ1) is 88.6. The minimum absolute atomic E-state index is 0.0229. The molecule has 0 saturated carbocycles. The van der Waals surface area contributed by atoms with E-state index in [0.29, 0.717) is 17.3 Å². The number of carbonyl (C=O) groups is 3. The summed E-state index contributed by atoms with van der Waals surface area (Å²) in [5, 5.41) is 13.8. The predicted octanol–water partition coefficient (Wildman–Crippen LogP) is 17.1. The first-order valence-corrected chi connectivity index (χ1v) is 32.8. The Morgan fingerprint density at radius 2 is 1.14 bits per heavy atom. The molecule has 5 aromatic heterocycles. The molecule has 5 aromatic rings. The zero-order valence-electron chi connectivity index (χ0n) is 62.1. The number of aromatic amines is 1. The van der Waals surface area contributed by atoms with Gasteiger partial charge in [0.15, 0.2) is 27.2 Å². The highest BCUT2D eigenvalue weighted by Crippen LogP contribution is 2.33. The van der Waals surface area contributed by atoms with Crippen molar-refractivity contribution in [2.24, 2.45) is 22.7 Å². The maximum absolute atomic E-state index is 11.4. The van der Waals surface area contributed by atoms with E-state index in [2.05, 4.69) is 193 Å². The van der Waals surface area contributed by atoms with Crippen molar-refractivity contribution in [2.75, 3.05) is 6.54 Å². The Balaban J connectivity index is -0.000000964. The van der Waals surface area contributed by atoms with Crippen molar-refractivity contribution in [2.45, 2.75) is 239 Å². The molecule has 1 N–H and O–H groups in total. The molecule has 1 aliphatic carbocycles. The van der Waals surface area contributed by atoms with Gasteiger partial charge in [0.1, 0.15) is 11.5 Å². The number of aromatic nitrogens is 10. The molecule has 92 heavy (non-hydrogen) atoms. The van der Waals surface area contributed by atoms with Crippen molar-refractivity contribution in [1.29, 1.82) is 0 Å². The SMILES string of the molecule is C#Cc1ccn(C(C)(C)C)n1.C#Cc1nccn1C(C)(C)C.C=CC(=O)C(C)(C)C.C=CS(=O)(=O)C(C)(C)C.C=Cc1ccn(C(C)(C)C)n1.C=Cc1ncc[nH]1.CC(C)(C)C1CCC=CC1=O.CC(C)(C)N1CC=CC1=O.CC(C)C.Cc1ccn(C(C)(C)C)n1. The van der Waals surface area contributed by atoms with Crippen LogP contribution in [0.15, 0.2) is 124 Å². The highest BCUT2D eigenvalue weighted by Gasteiger charge is 2.31. The number of rotatable bonds is 4. The van der Waals surface area contributed by atoms with Crippen LogP contribution in [0.4, 0.5) is 0 Å². The van der Waals surface area contributed by atoms with E-state index >= 15 is 0 Å². The normalized spacial score (nSPS) is 13.7. The fourth-order valence-electron chi connectivity index (χ4n) is 6.90. The number of hydrogen-bond acceptors (Lipinski definition) is 10. The number of ketones is 2. The van der Waals surface area contributed by atoms with Crippen LogP contribution in [-0.4, -0.2) is 96.5 Å². The van der Waals surface area contributed by atoms with Crippen LogP contribution in [0.5, 0.6) is 0 Å². The first-order chi connectivity index (χ1) is 41.6. The van der Waals surface area contributed by atoms with Crippen LogP contribution in [0.1, 0.15) is 229 Å². The van der Waals surface area contributed by atoms with Gasteiger partial charge in [0.25, 0.3) is 0 Å². The average Bonchev–Trinajstić information content (AvgIpc) is 1.48. The van der Waals surface area contributed by atoms with Gasteiger partial charge < -0.3 is 14.5 Å². The number of imidazole rings is 2. The second-order valence-electron chi connectivity index (χ2n) is 30.4. The average molecular weight is 1290 g/mol. The van der Waals surface area contributed by atoms with Crippen molar-refractivity contribution >= 4 is 39.5 Å². The van der Waals surface area contributed by atoms with E-state index in [1.54, 1.807) is 63.7 Å². The topological polar surface area (TPSA) is 189 Å². The summed E-state index contributed by atoms with van der Waals surface area (Å²) >= 11 is 0. The summed E-state index contributed by atoms with van der Waals surface area (Å²) in [4.78, 5) is 45.7. The van der Waals surface area contributed by atoms with Gasteiger partial charge in [-0.05, 0) is 210 Å². The third-order valence-electron chi connectivity index (χ3n) is 12.5. The van der Waals surface area contributed by atoms with Crippen molar-refractivity contribution in [1.82, 2.24) is 53.8 Å². The molecule has 2 aliphatic rings. The Morgan fingerprint density at radius 3 is 1.36 bits per heavy atom. The molecule has 512 valence electrons. The van der Waals surface area contributed by atoms with Crippen molar-refractivity contribution in [3.05, 3.63) is 152 Å². The van der Waals surface area contributed by atoms with Crippen LogP contribution in [0.3, 0.4) is 0 Å². The Bertz CT molecular complexity index is 3260. The van der Waals surface area contributed by atoms with Gasteiger partial charge in [0, 0.05) is 83.8 Å². The van der Waals surface area contributed by atoms with Crippen LogP contribution in [0, 0.1) is 54.3 Å². The van der Waals surface area contributed by atoms with Gasteiger partial charge in [-0.15, -0.1) is 12.8 Å². The van der Waals surface area contributed by atoms with Gasteiger partial charge in [-0.25, -0.2) is 18.4 Å². The zero-order chi connectivity index (χ0) is 72.7. The van der Waals surface area contributed by atoms with Gasteiger partial charge >= 0.3 is 0 Å². The molecule has 1 atom stereocenters. The number of terminal acetylenes is 2. The smallest absolute Gasteiger partial charge is 0.247 e. The number of nitrogens with one attached hydrogen (secondary N) is 1. The Hall–Kier alpha value is -7.63. The minimum Gasteiger partial charge on any atom is -0.345 e. The summed E-state index contributed by atoms with van der Waals surface area (Å²) in [7, 11) is -3.07. The van der Waals surface area contributed by atoms with Gasteiger partial charge in [-0.2, -0.15) is 15.3 Å². The molecule has 6 heterocycles. The summed E-state index contributed by atoms with van der Waals surface area (Å²) in [6, 6.07) is 5.81. The monoisotopic (exact) mass is 1290 g/mol. The minimum atomic E-state index is -3.07. The Labute approximate surface area is 558 Å². The van der Waals surface area contributed by atoms with E-state index in [1.165, 1.54) is 6.08 Å². The lowest BCUT2D eigenvalue weighted by molar-refractivity contribution is -0.128. The lowest BCUT2D eigenvalue weighted by atomic mass is 9.74. The molecular formula is C75H121N11O5S. The highest BCUT2D eigenvalue weighted by atomic mass is 32.2. The summed E-state index contributed by atoms with van der Waals surface area (Å²) in [5.74, 6) is 8.15. The van der Waals surface area contributed by atoms with Gasteiger partial charge in [0.2, 0.25) is 5.91 Å². The summed E-state index contributed by atoms with van der Waals surface area (Å²) in [5.41, 5.74) is 2.81. The molecule has 1 amide bonds.